The van der Waals surface area contributed by atoms with Gasteiger partial charge in [-0.15, -0.1) is 0 Å². The van der Waals surface area contributed by atoms with Gasteiger partial charge >= 0.3 is 0 Å². The predicted molar refractivity (Wildman–Crippen MR) is 74.6 cm³/mol. The third-order valence-corrected chi connectivity index (χ3v) is 2.95. The van der Waals surface area contributed by atoms with Crippen molar-refractivity contribution >= 4 is 17.7 Å². The summed E-state index contributed by atoms with van der Waals surface area (Å²) >= 11 is 0. The summed E-state index contributed by atoms with van der Waals surface area (Å²) in [7, 11) is 1.50. The molecule has 0 radical (unpaired) electrons. The van der Waals surface area contributed by atoms with Crippen LogP contribution >= 0.6 is 0 Å². The number of rotatable bonds is 6. The third-order valence-electron chi connectivity index (χ3n) is 2.95. The van der Waals surface area contributed by atoms with Crippen LogP contribution in [-0.4, -0.2) is 42.3 Å². The molecule has 0 aliphatic heterocycles. The van der Waals surface area contributed by atoms with E-state index in [0.717, 1.165) is 5.56 Å². The van der Waals surface area contributed by atoms with Gasteiger partial charge in [0.2, 0.25) is 17.7 Å². The Balaban J connectivity index is 2.72. The van der Waals surface area contributed by atoms with E-state index in [2.05, 4.69) is 5.32 Å². The molecular weight excluding hydrogens is 258 g/mol. The molecule has 0 unspecified atom stereocenters. The van der Waals surface area contributed by atoms with Crippen LogP contribution in [-0.2, 0) is 20.8 Å². The van der Waals surface area contributed by atoms with Crippen molar-refractivity contribution in [1.82, 2.24) is 10.2 Å². The zero-order valence-corrected chi connectivity index (χ0v) is 11.6. The number of carbonyl (C=O) groups excluding carboxylic acids is 3. The fourth-order valence-electron chi connectivity index (χ4n) is 1.76. The van der Waals surface area contributed by atoms with E-state index in [9.17, 15) is 14.4 Å². The molecule has 108 valence electrons. The Morgan fingerprint density at radius 2 is 1.85 bits per heavy atom. The second-order valence-electron chi connectivity index (χ2n) is 4.52. The van der Waals surface area contributed by atoms with Crippen LogP contribution in [0.4, 0.5) is 0 Å². The van der Waals surface area contributed by atoms with Gasteiger partial charge in [0.1, 0.15) is 6.04 Å². The molecule has 1 aromatic rings. The quantitative estimate of drug-likeness (QED) is 0.746. The van der Waals surface area contributed by atoms with Crippen LogP contribution < -0.4 is 11.1 Å². The topological polar surface area (TPSA) is 92.5 Å². The number of amides is 3. The van der Waals surface area contributed by atoms with Crippen LogP contribution in [0.25, 0.3) is 0 Å². The van der Waals surface area contributed by atoms with E-state index >= 15 is 0 Å². The van der Waals surface area contributed by atoms with Crippen LogP contribution in [0.3, 0.4) is 0 Å². The number of nitrogens with one attached hydrogen (secondary N) is 1. The molecule has 0 saturated heterocycles. The van der Waals surface area contributed by atoms with Crippen molar-refractivity contribution < 1.29 is 14.4 Å². The van der Waals surface area contributed by atoms with Crippen molar-refractivity contribution in [2.75, 3.05) is 13.6 Å². The predicted octanol–water partition coefficient (Wildman–Crippen LogP) is -0.322. The summed E-state index contributed by atoms with van der Waals surface area (Å²) in [5, 5.41) is 2.40. The molecule has 6 nitrogen and oxygen atoms in total. The number of hydrogen-bond donors (Lipinski definition) is 2. The van der Waals surface area contributed by atoms with Crippen LogP contribution in [0, 0.1) is 0 Å². The van der Waals surface area contributed by atoms with E-state index in [1.165, 1.54) is 18.9 Å². The standard InChI is InChI=1S/C14H19N3O3/c1-10(18)16-9-13(19)17(2)12(14(15)20)8-11-6-4-3-5-7-11/h3-7,12H,8-9H2,1-2H3,(H2,15,20)(H,16,18)/t12-/m1/s1. The van der Waals surface area contributed by atoms with Gasteiger partial charge in [0.05, 0.1) is 6.54 Å². The van der Waals surface area contributed by atoms with E-state index in [4.69, 9.17) is 5.73 Å². The summed E-state index contributed by atoms with van der Waals surface area (Å²) in [6, 6.07) is 8.57. The first-order chi connectivity index (χ1) is 9.41. The third kappa shape index (κ3) is 4.72. The zero-order chi connectivity index (χ0) is 15.1. The Morgan fingerprint density at radius 3 is 2.35 bits per heavy atom. The summed E-state index contributed by atoms with van der Waals surface area (Å²) in [6.45, 7) is 1.17. The molecule has 0 aliphatic carbocycles. The van der Waals surface area contributed by atoms with E-state index in [1.54, 1.807) is 0 Å². The van der Waals surface area contributed by atoms with Gasteiger partial charge < -0.3 is 16.0 Å². The van der Waals surface area contributed by atoms with Crippen molar-refractivity contribution in [3.05, 3.63) is 35.9 Å². The summed E-state index contributed by atoms with van der Waals surface area (Å²) in [6.07, 6.45) is 0.346. The lowest BCUT2D eigenvalue weighted by Crippen LogP contribution is -2.49. The van der Waals surface area contributed by atoms with Crippen LogP contribution in [0.5, 0.6) is 0 Å². The van der Waals surface area contributed by atoms with Gasteiger partial charge in [0.25, 0.3) is 0 Å². The summed E-state index contributed by atoms with van der Waals surface area (Å²) in [4.78, 5) is 35.5. The second kappa shape index (κ2) is 7.28. The molecule has 0 aliphatic rings. The lowest BCUT2D eigenvalue weighted by molar-refractivity contribution is -0.137. The van der Waals surface area contributed by atoms with Gasteiger partial charge in [-0.25, -0.2) is 0 Å². The first kappa shape index (κ1) is 15.7. The fraction of sp³-hybridized carbons (Fsp3) is 0.357. The van der Waals surface area contributed by atoms with E-state index in [-0.39, 0.29) is 18.4 Å². The van der Waals surface area contributed by atoms with Crippen molar-refractivity contribution in [3.63, 3.8) is 0 Å². The van der Waals surface area contributed by atoms with Crippen LogP contribution in [0.2, 0.25) is 0 Å². The van der Waals surface area contributed by atoms with Crippen molar-refractivity contribution in [2.24, 2.45) is 5.73 Å². The van der Waals surface area contributed by atoms with Gasteiger partial charge in [0.15, 0.2) is 0 Å². The first-order valence-corrected chi connectivity index (χ1v) is 6.25. The summed E-state index contributed by atoms with van der Waals surface area (Å²) in [5.74, 6) is -1.24. The lowest BCUT2D eigenvalue weighted by atomic mass is 10.0. The monoisotopic (exact) mass is 277 g/mol. The highest BCUT2D eigenvalue weighted by Gasteiger charge is 2.25. The Kier molecular flexibility index (Phi) is 5.71. The van der Waals surface area contributed by atoms with Gasteiger partial charge in [0, 0.05) is 20.4 Å². The Labute approximate surface area is 117 Å². The van der Waals surface area contributed by atoms with E-state index in [0.29, 0.717) is 6.42 Å². The Bertz CT molecular complexity index is 488. The van der Waals surface area contributed by atoms with Gasteiger partial charge in [-0.3, -0.25) is 14.4 Å². The molecule has 0 bridgehead atoms. The van der Waals surface area contributed by atoms with Crippen LogP contribution in [0.15, 0.2) is 30.3 Å². The molecule has 0 saturated carbocycles. The smallest absolute Gasteiger partial charge is 0.242 e. The molecule has 0 aromatic heterocycles. The van der Waals surface area contributed by atoms with Gasteiger partial charge in [-0.1, -0.05) is 30.3 Å². The Hall–Kier alpha value is -2.37. The minimum Gasteiger partial charge on any atom is -0.368 e. The van der Waals surface area contributed by atoms with E-state index < -0.39 is 11.9 Å². The molecule has 1 aromatic carbocycles. The minimum atomic E-state index is -0.737. The van der Waals surface area contributed by atoms with Crippen molar-refractivity contribution in [3.8, 4) is 0 Å². The normalized spacial score (nSPS) is 11.5. The zero-order valence-electron chi connectivity index (χ0n) is 11.6. The average Bonchev–Trinajstić information content (AvgIpc) is 2.42. The molecule has 0 heterocycles. The highest BCUT2D eigenvalue weighted by Crippen LogP contribution is 2.07. The number of likely N-dealkylation sites (N-methyl/N-ethyl adjacent to an activating group) is 1. The number of nitrogens with two attached hydrogens (primary N) is 1. The minimum absolute atomic E-state index is 0.148. The molecule has 3 amide bonds. The number of nitrogens with zero attached hydrogens (tertiary/aromatic N) is 1. The molecule has 1 rings (SSSR count). The van der Waals surface area contributed by atoms with Crippen molar-refractivity contribution in [1.29, 1.82) is 0 Å². The Morgan fingerprint density at radius 1 is 1.25 bits per heavy atom. The van der Waals surface area contributed by atoms with Crippen LogP contribution in [0.1, 0.15) is 12.5 Å². The average molecular weight is 277 g/mol. The maximum Gasteiger partial charge on any atom is 0.242 e. The highest BCUT2D eigenvalue weighted by molar-refractivity contribution is 5.89. The SMILES string of the molecule is CC(=O)NCC(=O)N(C)[C@H](Cc1ccccc1)C(N)=O. The van der Waals surface area contributed by atoms with Gasteiger partial charge in [-0.2, -0.15) is 0 Å². The molecular formula is C14H19N3O3. The maximum atomic E-state index is 11.9. The number of carbonyl (C=O) groups is 3. The lowest BCUT2D eigenvalue weighted by Gasteiger charge is -2.26. The first-order valence-electron chi connectivity index (χ1n) is 6.25. The summed E-state index contributed by atoms with van der Waals surface area (Å²) < 4.78 is 0. The molecule has 1 atom stereocenters. The molecule has 6 heteroatoms. The second-order valence-corrected chi connectivity index (χ2v) is 4.52. The molecule has 3 N–H and O–H groups in total. The maximum absolute atomic E-state index is 11.9. The largest absolute Gasteiger partial charge is 0.368 e. The molecule has 0 fully saturated rings. The highest BCUT2D eigenvalue weighted by atomic mass is 16.2. The van der Waals surface area contributed by atoms with Crippen molar-refractivity contribution in [2.45, 2.75) is 19.4 Å². The summed E-state index contributed by atoms with van der Waals surface area (Å²) in [5.41, 5.74) is 6.27. The van der Waals surface area contributed by atoms with Gasteiger partial charge in [-0.05, 0) is 5.56 Å². The fourth-order valence-corrected chi connectivity index (χ4v) is 1.76. The number of benzene rings is 1. The number of hydrogen-bond acceptors (Lipinski definition) is 3. The molecule has 0 spiro atoms. The molecule has 20 heavy (non-hydrogen) atoms. The van der Waals surface area contributed by atoms with E-state index in [1.807, 2.05) is 30.3 Å². The number of primary amides is 1.